The van der Waals surface area contributed by atoms with Gasteiger partial charge in [-0.15, -0.1) is 0 Å². The molecule has 1 aromatic heterocycles. The van der Waals surface area contributed by atoms with Gasteiger partial charge >= 0.3 is 0 Å². The quantitative estimate of drug-likeness (QED) is 0.500. The molecule has 0 aliphatic heterocycles. The summed E-state index contributed by atoms with van der Waals surface area (Å²) in [4.78, 5) is 28.7. The van der Waals surface area contributed by atoms with Crippen LogP contribution in [0.15, 0.2) is 70.7 Å². The number of rotatable bonds is 5. The maximum atomic E-state index is 13.0. The van der Waals surface area contributed by atoms with Crippen LogP contribution in [-0.4, -0.2) is 21.1 Å². The van der Waals surface area contributed by atoms with Crippen molar-refractivity contribution < 1.29 is 9.18 Å². The first-order valence-corrected chi connectivity index (χ1v) is 8.66. The highest BCUT2D eigenvalue weighted by Gasteiger charge is 2.11. The molecule has 0 atom stereocenters. The maximum absolute atomic E-state index is 13.0. The molecule has 25 heavy (non-hydrogen) atoms. The molecule has 0 fully saturated rings. The van der Waals surface area contributed by atoms with Gasteiger partial charge in [-0.1, -0.05) is 23.4 Å². The van der Waals surface area contributed by atoms with Gasteiger partial charge in [-0.05, 0) is 48.5 Å². The van der Waals surface area contributed by atoms with E-state index in [-0.39, 0.29) is 27.9 Å². The van der Waals surface area contributed by atoms with Gasteiger partial charge in [0.1, 0.15) is 5.82 Å². The molecule has 2 aromatic carbocycles. The fourth-order valence-corrected chi connectivity index (χ4v) is 3.07. The van der Waals surface area contributed by atoms with Crippen molar-refractivity contribution in [3.63, 3.8) is 0 Å². The number of thioether (sulfide) groups is 1. The average Bonchev–Trinajstić information content (AvgIpc) is 2.62. The van der Waals surface area contributed by atoms with E-state index in [2.05, 4.69) is 4.98 Å². The van der Waals surface area contributed by atoms with Gasteiger partial charge in [0, 0.05) is 28.7 Å². The van der Waals surface area contributed by atoms with Crippen molar-refractivity contribution in [3.8, 4) is 5.69 Å². The summed E-state index contributed by atoms with van der Waals surface area (Å²) in [6, 6.07) is 12.1. The second kappa shape index (κ2) is 7.63. The Labute approximate surface area is 152 Å². The molecule has 0 unspecified atom stereocenters. The van der Waals surface area contributed by atoms with Gasteiger partial charge in [0.2, 0.25) is 0 Å². The number of benzene rings is 2. The lowest BCUT2D eigenvalue weighted by Crippen LogP contribution is -2.21. The van der Waals surface area contributed by atoms with Crippen molar-refractivity contribution in [2.75, 3.05) is 5.75 Å². The highest BCUT2D eigenvalue weighted by molar-refractivity contribution is 7.99. The largest absolute Gasteiger partial charge is 0.293 e. The molecule has 0 aliphatic rings. The van der Waals surface area contributed by atoms with Crippen molar-refractivity contribution in [2.45, 2.75) is 5.03 Å². The molecule has 3 rings (SSSR count). The average molecular weight is 375 g/mol. The van der Waals surface area contributed by atoms with Crippen LogP contribution >= 0.6 is 23.4 Å². The third-order valence-corrected chi connectivity index (χ3v) is 4.63. The third-order valence-electron chi connectivity index (χ3n) is 3.42. The first kappa shape index (κ1) is 17.4. The summed E-state index contributed by atoms with van der Waals surface area (Å²) in [7, 11) is 0. The van der Waals surface area contributed by atoms with Crippen LogP contribution in [0.1, 0.15) is 10.4 Å². The van der Waals surface area contributed by atoms with E-state index in [0.29, 0.717) is 16.3 Å². The van der Waals surface area contributed by atoms with Gasteiger partial charge in [-0.25, -0.2) is 9.37 Å². The SMILES string of the molecule is O=C(CSc1nccn(-c2ccc(F)cc2)c1=O)c1ccc(Cl)cc1. The van der Waals surface area contributed by atoms with Gasteiger partial charge in [-0.2, -0.15) is 0 Å². The van der Waals surface area contributed by atoms with E-state index in [9.17, 15) is 14.0 Å². The van der Waals surface area contributed by atoms with E-state index in [1.165, 1.54) is 41.2 Å². The molecule has 0 bridgehead atoms. The lowest BCUT2D eigenvalue weighted by Gasteiger charge is -2.07. The summed E-state index contributed by atoms with van der Waals surface area (Å²) in [5.74, 6) is -0.425. The van der Waals surface area contributed by atoms with E-state index in [1.807, 2.05) is 0 Å². The van der Waals surface area contributed by atoms with Crippen LogP contribution in [0.5, 0.6) is 0 Å². The smallest absolute Gasteiger partial charge is 0.287 e. The number of carbonyl (C=O) groups excluding carboxylic acids is 1. The van der Waals surface area contributed by atoms with E-state index < -0.39 is 0 Å². The van der Waals surface area contributed by atoms with Crippen molar-refractivity contribution >= 4 is 29.1 Å². The highest BCUT2D eigenvalue weighted by Crippen LogP contribution is 2.16. The number of hydrogen-bond acceptors (Lipinski definition) is 4. The summed E-state index contributed by atoms with van der Waals surface area (Å²) >= 11 is 6.87. The van der Waals surface area contributed by atoms with Crippen molar-refractivity contribution in [2.24, 2.45) is 0 Å². The summed E-state index contributed by atoms with van der Waals surface area (Å²) in [6.07, 6.45) is 2.97. The Morgan fingerprint density at radius 1 is 1.12 bits per heavy atom. The van der Waals surface area contributed by atoms with Crippen molar-refractivity contribution in [1.29, 1.82) is 0 Å². The Morgan fingerprint density at radius 3 is 2.48 bits per heavy atom. The minimum Gasteiger partial charge on any atom is -0.293 e. The number of hydrogen-bond donors (Lipinski definition) is 0. The van der Waals surface area contributed by atoms with Gasteiger partial charge in [0.25, 0.3) is 5.56 Å². The Bertz CT molecular complexity index is 956. The summed E-state index contributed by atoms with van der Waals surface area (Å²) in [5, 5.41) is 0.755. The Morgan fingerprint density at radius 2 is 1.80 bits per heavy atom. The van der Waals surface area contributed by atoms with Crippen molar-refractivity contribution in [3.05, 3.63) is 87.7 Å². The summed E-state index contributed by atoms with van der Waals surface area (Å²) < 4.78 is 14.4. The highest BCUT2D eigenvalue weighted by atomic mass is 35.5. The molecule has 0 saturated heterocycles. The third kappa shape index (κ3) is 4.15. The maximum Gasteiger partial charge on any atom is 0.287 e. The van der Waals surface area contributed by atoms with Gasteiger partial charge in [0.05, 0.1) is 5.75 Å². The molecule has 4 nitrogen and oxygen atoms in total. The normalized spacial score (nSPS) is 10.6. The molecular weight excluding hydrogens is 363 g/mol. The van der Waals surface area contributed by atoms with Crippen LogP contribution < -0.4 is 5.56 Å². The monoisotopic (exact) mass is 374 g/mol. The number of carbonyl (C=O) groups is 1. The van der Waals surface area contributed by atoms with Crippen LogP contribution in [0.4, 0.5) is 4.39 Å². The fraction of sp³-hybridized carbons (Fsp3) is 0.0556. The lowest BCUT2D eigenvalue weighted by atomic mass is 10.1. The van der Waals surface area contributed by atoms with Crippen LogP contribution in [0.25, 0.3) is 5.69 Å². The van der Waals surface area contributed by atoms with E-state index in [1.54, 1.807) is 24.3 Å². The molecule has 0 aliphatic carbocycles. The number of ketones is 1. The van der Waals surface area contributed by atoms with Gasteiger partial charge < -0.3 is 0 Å². The van der Waals surface area contributed by atoms with Gasteiger partial charge in [-0.3, -0.25) is 14.2 Å². The zero-order valence-electron chi connectivity index (χ0n) is 12.9. The molecule has 7 heteroatoms. The van der Waals surface area contributed by atoms with E-state index in [0.717, 1.165) is 11.8 Å². The zero-order valence-corrected chi connectivity index (χ0v) is 14.4. The molecule has 0 radical (unpaired) electrons. The Hall–Kier alpha value is -2.44. The van der Waals surface area contributed by atoms with E-state index in [4.69, 9.17) is 11.6 Å². The molecule has 0 amide bonds. The summed E-state index contributed by atoms with van der Waals surface area (Å²) in [6.45, 7) is 0. The minimum atomic E-state index is -0.381. The molecule has 0 spiro atoms. The molecule has 126 valence electrons. The Balaban J connectivity index is 1.78. The zero-order chi connectivity index (χ0) is 17.8. The predicted octanol–water partition coefficient (Wildman–Crippen LogP) is 4.00. The Kier molecular flexibility index (Phi) is 5.31. The number of nitrogens with zero attached hydrogens (tertiary/aromatic N) is 2. The van der Waals surface area contributed by atoms with Crippen LogP contribution in [0.3, 0.4) is 0 Å². The second-order valence-electron chi connectivity index (χ2n) is 5.10. The lowest BCUT2D eigenvalue weighted by molar-refractivity contribution is 0.102. The minimum absolute atomic E-state index is 0.0807. The molecule has 0 N–H and O–H groups in total. The fourth-order valence-electron chi connectivity index (χ4n) is 2.15. The predicted molar refractivity (Wildman–Crippen MR) is 96.3 cm³/mol. The van der Waals surface area contributed by atoms with Crippen LogP contribution in [0, 0.1) is 5.82 Å². The number of halogens is 2. The van der Waals surface area contributed by atoms with Crippen molar-refractivity contribution in [1.82, 2.24) is 9.55 Å². The number of aromatic nitrogens is 2. The van der Waals surface area contributed by atoms with Gasteiger partial charge in [0.15, 0.2) is 10.8 Å². The first-order valence-electron chi connectivity index (χ1n) is 7.30. The topological polar surface area (TPSA) is 52.0 Å². The second-order valence-corrected chi connectivity index (χ2v) is 6.50. The molecule has 0 saturated carbocycles. The number of Topliss-reactive ketones (excluding diaryl/α,β-unsaturated/α-hetero) is 1. The van der Waals surface area contributed by atoms with Crippen LogP contribution in [-0.2, 0) is 0 Å². The molecular formula is C18H12ClFN2O2S. The van der Waals surface area contributed by atoms with E-state index >= 15 is 0 Å². The summed E-state index contributed by atoms with van der Waals surface area (Å²) in [5.41, 5.74) is 0.689. The molecule has 1 heterocycles. The first-order chi connectivity index (χ1) is 12.0. The molecule has 3 aromatic rings. The standard InChI is InChI=1S/C18H12ClFN2O2S/c19-13-3-1-12(2-4-13)16(23)11-25-17-18(24)22(10-9-21-17)15-7-5-14(20)6-8-15/h1-10H,11H2. The van der Waals surface area contributed by atoms with Crippen LogP contribution in [0.2, 0.25) is 5.02 Å².